The van der Waals surface area contributed by atoms with Crippen molar-refractivity contribution in [1.29, 1.82) is 0 Å². The van der Waals surface area contributed by atoms with E-state index in [1.54, 1.807) is 6.08 Å². The van der Waals surface area contributed by atoms with Crippen LogP contribution in [0.1, 0.15) is 24.0 Å². The Balaban J connectivity index is 1.64. The number of hydrogen-bond donors (Lipinski definition) is 1. The molecule has 3 nitrogen and oxygen atoms in total. The fourth-order valence-electron chi connectivity index (χ4n) is 2.71. The normalized spacial score (nSPS) is 15.3. The zero-order valence-electron chi connectivity index (χ0n) is 13.9. The Morgan fingerprint density at radius 3 is 2.25 bits per heavy atom. The monoisotopic (exact) mass is 340 g/mol. The summed E-state index contributed by atoms with van der Waals surface area (Å²) in [7, 11) is 4.01. The average molecular weight is 341 g/mol. The molecule has 0 spiro atoms. The highest BCUT2D eigenvalue weighted by Crippen LogP contribution is 2.45. The summed E-state index contributed by atoms with van der Waals surface area (Å²) >= 11 is 5.93. The van der Waals surface area contributed by atoms with Crippen LogP contribution in [0.5, 0.6) is 0 Å². The Hall–Kier alpha value is -2.26. The van der Waals surface area contributed by atoms with Crippen molar-refractivity contribution < 1.29 is 4.79 Å². The summed E-state index contributed by atoms with van der Waals surface area (Å²) in [4.78, 5) is 14.3. The van der Waals surface area contributed by atoms with E-state index in [1.807, 2.05) is 73.6 Å². The molecule has 4 heteroatoms. The Labute approximate surface area is 147 Å². The van der Waals surface area contributed by atoms with Gasteiger partial charge in [0.05, 0.1) is 5.54 Å². The maximum atomic E-state index is 12.3. The van der Waals surface area contributed by atoms with Gasteiger partial charge in [-0.3, -0.25) is 4.79 Å². The molecule has 24 heavy (non-hydrogen) atoms. The Morgan fingerprint density at radius 2 is 1.71 bits per heavy atom. The van der Waals surface area contributed by atoms with Crippen LogP contribution in [0.15, 0.2) is 54.6 Å². The minimum atomic E-state index is -0.221. The molecule has 0 aromatic heterocycles. The molecule has 0 heterocycles. The van der Waals surface area contributed by atoms with Gasteiger partial charge in [0.1, 0.15) is 0 Å². The molecule has 2 aromatic carbocycles. The van der Waals surface area contributed by atoms with Crippen LogP contribution in [0.4, 0.5) is 5.69 Å². The molecule has 3 rings (SSSR count). The SMILES string of the molecule is CN(C)c1ccc(/C=C/C(=O)NC2(c3ccc(Cl)cc3)CC2)cc1. The zero-order valence-corrected chi connectivity index (χ0v) is 14.7. The van der Waals surface area contributed by atoms with E-state index < -0.39 is 0 Å². The summed E-state index contributed by atoms with van der Waals surface area (Å²) in [5.74, 6) is -0.0702. The van der Waals surface area contributed by atoms with Crippen LogP contribution in [0.3, 0.4) is 0 Å². The van der Waals surface area contributed by atoms with Crippen molar-refractivity contribution >= 4 is 29.3 Å². The van der Waals surface area contributed by atoms with Gasteiger partial charge in [0.25, 0.3) is 0 Å². The third-order valence-corrected chi connectivity index (χ3v) is 4.60. The average Bonchev–Trinajstić information content (AvgIpc) is 3.34. The largest absolute Gasteiger partial charge is 0.378 e. The topological polar surface area (TPSA) is 32.3 Å². The van der Waals surface area contributed by atoms with Gasteiger partial charge in [-0.25, -0.2) is 0 Å². The van der Waals surface area contributed by atoms with Gasteiger partial charge in [0, 0.05) is 30.9 Å². The van der Waals surface area contributed by atoms with Crippen molar-refractivity contribution in [3.63, 3.8) is 0 Å². The summed E-state index contributed by atoms with van der Waals surface area (Å²) in [6.07, 6.45) is 5.37. The van der Waals surface area contributed by atoms with Crippen LogP contribution in [0, 0.1) is 0 Å². The van der Waals surface area contributed by atoms with E-state index in [4.69, 9.17) is 11.6 Å². The molecule has 0 radical (unpaired) electrons. The fourth-order valence-corrected chi connectivity index (χ4v) is 2.84. The third kappa shape index (κ3) is 3.80. The number of hydrogen-bond acceptors (Lipinski definition) is 2. The number of nitrogens with one attached hydrogen (secondary N) is 1. The number of rotatable bonds is 5. The first-order valence-corrected chi connectivity index (χ1v) is 8.40. The molecule has 1 saturated carbocycles. The van der Waals surface area contributed by atoms with Crippen LogP contribution >= 0.6 is 11.6 Å². The second kappa shape index (κ2) is 6.70. The summed E-state index contributed by atoms with van der Waals surface area (Å²) in [5.41, 5.74) is 3.04. The minimum Gasteiger partial charge on any atom is -0.378 e. The molecule has 2 aromatic rings. The van der Waals surface area contributed by atoms with E-state index in [1.165, 1.54) is 0 Å². The minimum absolute atomic E-state index is 0.0702. The van der Waals surface area contributed by atoms with Gasteiger partial charge < -0.3 is 10.2 Å². The molecule has 0 saturated heterocycles. The van der Waals surface area contributed by atoms with E-state index in [9.17, 15) is 4.79 Å². The van der Waals surface area contributed by atoms with Crippen molar-refractivity contribution in [3.8, 4) is 0 Å². The van der Waals surface area contributed by atoms with Crippen molar-refractivity contribution in [2.45, 2.75) is 18.4 Å². The highest BCUT2D eigenvalue weighted by molar-refractivity contribution is 6.30. The third-order valence-electron chi connectivity index (χ3n) is 4.35. The molecule has 1 amide bonds. The quantitative estimate of drug-likeness (QED) is 0.826. The Morgan fingerprint density at radius 1 is 1.08 bits per heavy atom. The van der Waals surface area contributed by atoms with Crippen molar-refractivity contribution in [3.05, 3.63) is 70.8 Å². The summed E-state index contributed by atoms with van der Waals surface area (Å²) in [6, 6.07) is 15.8. The maximum Gasteiger partial charge on any atom is 0.244 e. The smallest absolute Gasteiger partial charge is 0.244 e. The van der Waals surface area contributed by atoms with Gasteiger partial charge in [0.15, 0.2) is 0 Å². The lowest BCUT2D eigenvalue weighted by Gasteiger charge is -2.17. The predicted molar refractivity (Wildman–Crippen MR) is 100 cm³/mol. The van der Waals surface area contributed by atoms with Crippen LogP contribution in [0.2, 0.25) is 5.02 Å². The van der Waals surface area contributed by atoms with E-state index in [-0.39, 0.29) is 11.4 Å². The lowest BCUT2D eigenvalue weighted by atomic mass is 10.0. The van der Waals surface area contributed by atoms with Gasteiger partial charge in [-0.2, -0.15) is 0 Å². The molecule has 0 atom stereocenters. The molecule has 124 valence electrons. The van der Waals surface area contributed by atoms with Gasteiger partial charge in [-0.15, -0.1) is 0 Å². The standard InChI is InChI=1S/C20H21ClN2O/c1-23(2)18-10-3-15(4-11-18)5-12-19(24)22-20(13-14-20)16-6-8-17(21)9-7-16/h3-12H,13-14H2,1-2H3,(H,22,24)/b12-5+. The summed E-state index contributed by atoms with van der Waals surface area (Å²) in [6.45, 7) is 0. The van der Waals surface area contributed by atoms with E-state index in [0.717, 1.165) is 29.7 Å². The van der Waals surface area contributed by atoms with E-state index >= 15 is 0 Å². The van der Waals surface area contributed by atoms with Crippen LogP contribution in [-0.2, 0) is 10.3 Å². The molecule has 1 fully saturated rings. The lowest BCUT2D eigenvalue weighted by molar-refractivity contribution is -0.117. The molecule has 0 unspecified atom stereocenters. The maximum absolute atomic E-state index is 12.3. The molecular formula is C20H21ClN2O. The summed E-state index contributed by atoms with van der Waals surface area (Å²) < 4.78 is 0. The van der Waals surface area contributed by atoms with Crippen LogP contribution < -0.4 is 10.2 Å². The van der Waals surface area contributed by atoms with Crippen molar-refractivity contribution in [1.82, 2.24) is 5.32 Å². The number of halogens is 1. The molecule has 0 bridgehead atoms. The zero-order chi connectivity index (χ0) is 17.2. The lowest BCUT2D eigenvalue weighted by Crippen LogP contribution is -2.33. The highest BCUT2D eigenvalue weighted by atomic mass is 35.5. The first-order chi connectivity index (χ1) is 11.5. The van der Waals surface area contributed by atoms with Gasteiger partial charge in [0.2, 0.25) is 5.91 Å². The highest BCUT2D eigenvalue weighted by Gasteiger charge is 2.45. The summed E-state index contributed by atoms with van der Waals surface area (Å²) in [5, 5.41) is 3.84. The van der Waals surface area contributed by atoms with Crippen LogP contribution in [0.25, 0.3) is 6.08 Å². The first kappa shape index (κ1) is 16.6. The number of benzene rings is 2. The van der Waals surface area contributed by atoms with Crippen LogP contribution in [-0.4, -0.2) is 20.0 Å². The van der Waals surface area contributed by atoms with Crippen molar-refractivity contribution in [2.75, 3.05) is 19.0 Å². The molecular weight excluding hydrogens is 320 g/mol. The number of anilines is 1. The number of carbonyl (C=O) groups is 1. The fraction of sp³-hybridized carbons (Fsp3) is 0.250. The van der Waals surface area contributed by atoms with Gasteiger partial charge in [-0.05, 0) is 54.3 Å². The molecule has 1 aliphatic rings. The molecule has 1 aliphatic carbocycles. The first-order valence-electron chi connectivity index (χ1n) is 8.02. The predicted octanol–water partition coefficient (Wildman–Crippen LogP) is 4.22. The number of nitrogens with zero attached hydrogens (tertiary/aromatic N) is 1. The van der Waals surface area contributed by atoms with Gasteiger partial charge >= 0.3 is 0 Å². The number of carbonyl (C=O) groups excluding carboxylic acids is 1. The second-order valence-electron chi connectivity index (χ2n) is 6.40. The van der Waals surface area contributed by atoms with E-state index in [0.29, 0.717) is 5.02 Å². The van der Waals surface area contributed by atoms with Gasteiger partial charge in [-0.1, -0.05) is 35.9 Å². The molecule has 1 N–H and O–H groups in total. The Bertz CT molecular complexity index is 744. The van der Waals surface area contributed by atoms with Crippen molar-refractivity contribution in [2.24, 2.45) is 0 Å². The van der Waals surface area contributed by atoms with E-state index in [2.05, 4.69) is 5.32 Å². The molecule has 0 aliphatic heterocycles. The second-order valence-corrected chi connectivity index (χ2v) is 6.83. The number of amides is 1. The Kier molecular flexibility index (Phi) is 4.63.